The Labute approximate surface area is 122 Å². The zero-order valence-electron chi connectivity index (χ0n) is 10.7. The average molecular weight is 355 g/mol. The second-order valence-corrected chi connectivity index (χ2v) is 5.91. The molecule has 0 unspecified atom stereocenters. The Hall–Kier alpha value is -0.880. The topological polar surface area (TPSA) is 29.9 Å². The van der Waals surface area contributed by atoms with Gasteiger partial charge in [-0.2, -0.15) is 5.10 Å². The molecule has 1 heterocycles. The highest BCUT2D eigenvalue weighted by atomic mass is 127. The molecule has 0 atom stereocenters. The van der Waals surface area contributed by atoms with Gasteiger partial charge in [0.1, 0.15) is 0 Å². The Morgan fingerprint density at radius 2 is 2.00 bits per heavy atom. The minimum atomic E-state index is 0.503. The molecule has 0 bridgehead atoms. The van der Waals surface area contributed by atoms with Crippen LogP contribution in [-0.2, 0) is 13.1 Å². The molecule has 0 aliphatic carbocycles. The summed E-state index contributed by atoms with van der Waals surface area (Å²) in [4.78, 5) is 0. The van der Waals surface area contributed by atoms with E-state index in [1.807, 2.05) is 10.9 Å². The van der Waals surface area contributed by atoms with E-state index < -0.39 is 0 Å². The number of nitrogens with one attached hydrogen (secondary N) is 1. The molecule has 0 aliphatic rings. The van der Waals surface area contributed by atoms with Crippen molar-refractivity contribution < 1.29 is 0 Å². The van der Waals surface area contributed by atoms with Gasteiger partial charge < -0.3 is 5.32 Å². The summed E-state index contributed by atoms with van der Waals surface area (Å²) in [5.41, 5.74) is 2.67. The molecule has 96 valence electrons. The van der Waals surface area contributed by atoms with Gasteiger partial charge in [0.15, 0.2) is 0 Å². The van der Waals surface area contributed by atoms with Gasteiger partial charge in [-0.3, -0.25) is 4.68 Å². The van der Waals surface area contributed by atoms with Crippen LogP contribution in [0.1, 0.15) is 25.0 Å². The monoisotopic (exact) mass is 355 g/mol. The van der Waals surface area contributed by atoms with Crippen LogP contribution in [0.4, 0.5) is 0 Å². The number of hydrogen-bond acceptors (Lipinski definition) is 2. The van der Waals surface area contributed by atoms with E-state index >= 15 is 0 Å². The molecular weight excluding hydrogens is 337 g/mol. The molecule has 1 N–H and O–H groups in total. The van der Waals surface area contributed by atoms with Crippen molar-refractivity contribution >= 4 is 22.6 Å². The van der Waals surface area contributed by atoms with Crippen molar-refractivity contribution in [1.29, 1.82) is 0 Å². The maximum Gasteiger partial charge on any atom is 0.0662 e. The summed E-state index contributed by atoms with van der Waals surface area (Å²) >= 11 is 2.28. The second-order valence-electron chi connectivity index (χ2n) is 4.66. The van der Waals surface area contributed by atoms with Crippen molar-refractivity contribution in [3.05, 3.63) is 51.4 Å². The van der Waals surface area contributed by atoms with Gasteiger partial charge in [0.2, 0.25) is 0 Å². The number of rotatable bonds is 5. The first-order chi connectivity index (χ1) is 8.65. The zero-order valence-corrected chi connectivity index (χ0v) is 12.9. The normalized spacial score (nSPS) is 11.1. The molecule has 1 aromatic carbocycles. The standard InChI is InChI=1S/C14H18IN3/c1-11(2)16-7-12-5-3-4-6-13(12)9-18-10-14(15)8-17-18/h3-6,8,10-11,16H,7,9H2,1-2H3. The lowest BCUT2D eigenvalue weighted by atomic mass is 10.1. The second kappa shape index (κ2) is 6.33. The minimum absolute atomic E-state index is 0.503. The van der Waals surface area contributed by atoms with E-state index in [1.165, 1.54) is 14.7 Å². The quantitative estimate of drug-likeness (QED) is 0.836. The van der Waals surface area contributed by atoms with Gasteiger partial charge in [-0.15, -0.1) is 0 Å². The van der Waals surface area contributed by atoms with Crippen LogP contribution in [0.5, 0.6) is 0 Å². The smallest absolute Gasteiger partial charge is 0.0662 e. The Balaban J connectivity index is 2.11. The third kappa shape index (κ3) is 3.81. The molecule has 0 saturated carbocycles. The Morgan fingerprint density at radius 1 is 1.28 bits per heavy atom. The van der Waals surface area contributed by atoms with Gasteiger partial charge >= 0.3 is 0 Å². The van der Waals surface area contributed by atoms with E-state index in [4.69, 9.17) is 0 Å². The van der Waals surface area contributed by atoms with Gasteiger partial charge in [0.25, 0.3) is 0 Å². The highest BCUT2D eigenvalue weighted by Gasteiger charge is 2.04. The van der Waals surface area contributed by atoms with E-state index in [1.54, 1.807) is 0 Å². The number of nitrogens with zero attached hydrogens (tertiary/aromatic N) is 2. The third-order valence-corrected chi connectivity index (χ3v) is 3.31. The van der Waals surface area contributed by atoms with Crippen molar-refractivity contribution in [2.45, 2.75) is 33.0 Å². The third-order valence-electron chi connectivity index (χ3n) is 2.75. The van der Waals surface area contributed by atoms with Gasteiger partial charge in [-0.25, -0.2) is 0 Å². The molecule has 0 aliphatic heterocycles. The van der Waals surface area contributed by atoms with Crippen LogP contribution in [0, 0.1) is 3.57 Å². The summed E-state index contributed by atoms with van der Waals surface area (Å²) in [5.74, 6) is 0. The molecule has 0 fully saturated rings. The maximum atomic E-state index is 4.34. The van der Waals surface area contributed by atoms with Crippen LogP contribution in [0.3, 0.4) is 0 Å². The van der Waals surface area contributed by atoms with Crippen LogP contribution in [0.2, 0.25) is 0 Å². The fourth-order valence-corrected chi connectivity index (χ4v) is 2.24. The summed E-state index contributed by atoms with van der Waals surface area (Å²) in [6.45, 7) is 6.07. The molecule has 18 heavy (non-hydrogen) atoms. The van der Waals surface area contributed by atoms with Crippen LogP contribution >= 0.6 is 22.6 Å². The van der Waals surface area contributed by atoms with Crippen LogP contribution in [0.25, 0.3) is 0 Å². The lowest BCUT2D eigenvalue weighted by Gasteiger charge is -2.12. The Morgan fingerprint density at radius 3 is 2.61 bits per heavy atom. The van der Waals surface area contributed by atoms with E-state index in [-0.39, 0.29) is 0 Å². The lowest BCUT2D eigenvalue weighted by molar-refractivity contribution is 0.582. The molecule has 4 heteroatoms. The first kappa shape index (κ1) is 13.5. The highest BCUT2D eigenvalue weighted by molar-refractivity contribution is 14.1. The van der Waals surface area contributed by atoms with Gasteiger partial charge in [-0.1, -0.05) is 38.1 Å². The summed E-state index contributed by atoms with van der Waals surface area (Å²) in [6, 6.07) is 9.03. The molecule has 0 saturated heterocycles. The largest absolute Gasteiger partial charge is 0.310 e. The fraction of sp³-hybridized carbons (Fsp3) is 0.357. The van der Waals surface area contributed by atoms with Crippen molar-refractivity contribution in [2.75, 3.05) is 0 Å². The summed E-state index contributed by atoms with van der Waals surface area (Å²) < 4.78 is 3.15. The van der Waals surface area contributed by atoms with Crippen molar-refractivity contribution in [1.82, 2.24) is 15.1 Å². The summed E-state index contributed by atoms with van der Waals surface area (Å²) in [6.07, 6.45) is 3.95. The van der Waals surface area contributed by atoms with Crippen molar-refractivity contribution in [3.8, 4) is 0 Å². The van der Waals surface area contributed by atoms with Crippen molar-refractivity contribution in [3.63, 3.8) is 0 Å². The number of aromatic nitrogens is 2. The number of halogens is 1. The molecule has 0 radical (unpaired) electrons. The number of hydrogen-bond donors (Lipinski definition) is 1. The molecule has 0 amide bonds. The zero-order chi connectivity index (χ0) is 13.0. The first-order valence-corrected chi connectivity index (χ1v) is 7.21. The number of benzene rings is 1. The van der Waals surface area contributed by atoms with E-state index in [0.29, 0.717) is 6.04 Å². The minimum Gasteiger partial charge on any atom is -0.310 e. The van der Waals surface area contributed by atoms with Crippen LogP contribution in [0.15, 0.2) is 36.7 Å². The van der Waals surface area contributed by atoms with Gasteiger partial charge in [-0.05, 0) is 33.7 Å². The molecule has 0 spiro atoms. The average Bonchev–Trinajstić information content (AvgIpc) is 2.73. The summed E-state index contributed by atoms with van der Waals surface area (Å²) in [5, 5.41) is 7.80. The van der Waals surface area contributed by atoms with E-state index in [9.17, 15) is 0 Å². The molecule has 3 nitrogen and oxygen atoms in total. The maximum absolute atomic E-state index is 4.34. The molecule has 2 rings (SSSR count). The molecule has 1 aromatic heterocycles. The van der Waals surface area contributed by atoms with Gasteiger partial charge in [0.05, 0.1) is 16.3 Å². The highest BCUT2D eigenvalue weighted by Crippen LogP contribution is 2.11. The SMILES string of the molecule is CC(C)NCc1ccccc1Cn1cc(I)cn1. The van der Waals surface area contributed by atoms with E-state index in [0.717, 1.165) is 13.1 Å². The molecular formula is C14H18IN3. The van der Waals surface area contributed by atoms with Crippen LogP contribution < -0.4 is 5.32 Å². The first-order valence-electron chi connectivity index (χ1n) is 6.13. The molecule has 2 aromatic rings. The predicted octanol–water partition coefficient (Wildman–Crippen LogP) is 3.03. The van der Waals surface area contributed by atoms with Gasteiger partial charge in [0, 0.05) is 18.8 Å². The Bertz CT molecular complexity index is 505. The van der Waals surface area contributed by atoms with E-state index in [2.05, 4.69) is 77.3 Å². The van der Waals surface area contributed by atoms with Crippen LogP contribution in [-0.4, -0.2) is 15.8 Å². The summed E-state index contributed by atoms with van der Waals surface area (Å²) in [7, 11) is 0. The Kier molecular flexibility index (Phi) is 4.77. The fourth-order valence-electron chi connectivity index (χ4n) is 1.80. The lowest BCUT2D eigenvalue weighted by Crippen LogP contribution is -2.22. The van der Waals surface area contributed by atoms with Crippen molar-refractivity contribution in [2.24, 2.45) is 0 Å². The predicted molar refractivity (Wildman–Crippen MR) is 82.5 cm³/mol.